The number of nitrogens with one attached hydrogen (secondary N) is 1. The van der Waals surface area contributed by atoms with Crippen molar-refractivity contribution in [1.82, 2.24) is 0 Å². The number of anilines is 1. The van der Waals surface area contributed by atoms with Gasteiger partial charge in [0, 0.05) is 5.56 Å². The average Bonchev–Trinajstić information content (AvgIpc) is 2.82. The third-order valence-electron chi connectivity index (χ3n) is 4.36. The van der Waals surface area contributed by atoms with Crippen LogP contribution in [0.1, 0.15) is 37.7 Å². The van der Waals surface area contributed by atoms with Gasteiger partial charge in [-0.3, -0.25) is 4.79 Å². The van der Waals surface area contributed by atoms with Gasteiger partial charge in [0.05, 0.1) is 17.9 Å². The summed E-state index contributed by atoms with van der Waals surface area (Å²) in [4.78, 5) is 12.3. The second kappa shape index (κ2) is 4.05. The van der Waals surface area contributed by atoms with E-state index in [-0.39, 0.29) is 18.1 Å². The number of hydrogen-bond donors (Lipinski definition) is 1. The van der Waals surface area contributed by atoms with E-state index in [1.807, 2.05) is 24.3 Å². The van der Waals surface area contributed by atoms with Gasteiger partial charge in [-0.2, -0.15) is 0 Å². The molecule has 1 saturated carbocycles. The SMILES string of the molecule is O=C1Nc2ccccc2C12O[C@H]1CCCCC[C@@H]1O2. The van der Waals surface area contributed by atoms with Gasteiger partial charge in [-0.15, -0.1) is 0 Å². The Morgan fingerprint density at radius 1 is 1.05 bits per heavy atom. The molecule has 100 valence electrons. The summed E-state index contributed by atoms with van der Waals surface area (Å²) in [6.45, 7) is 0. The normalized spacial score (nSPS) is 31.7. The van der Waals surface area contributed by atoms with Crippen LogP contribution in [0.3, 0.4) is 0 Å². The van der Waals surface area contributed by atoms with E-state index >= 15 is 0 Å². The molecular formula is C15H17NO3. The Balaban J connectivity index is 1.74. The number of ether oxygens (including phenoxy) is 2. The fraction of sp³-hybridized carbons (Fsp3) is 0.533. The highest BCUT2D eigenvalue weighted by Gasteiger charge is 2.58. The molecule has 0 radical (unpaired) electrons. The molecule has 0 bridgehead atoms. The molecule has 19 heavy (non-hydrogen) atoms. The number of rotatable bonds is 0. The Labute approximate surface area is 112 Å². The lowest BCUT2D eigenvalue weighted by Crippen LogP contribution is -2.36. The molecule has 1 amide bonds. The van der Waals surface area contributed by atoms with Gasteiger partial charge in [0.1, 0.15) is 0 Å². The summed E-state index contributed by atoms with van der Waals surface area (Å²) in [7, 11) is 0. The van der Waals surface area contributed by atoms with Crippen LogP contribution in [-0.2, 0) is 20.1 Å². The molecule has 4 heteroatoms. The lowest BCUT2D eigenvalue weighted by atomic mass is 10.1. The minimum absolute atomic E-state index is 0.0550. The number of amides is 1. The van der Waals surface area contributed by atoms with E-state index in [1.165, 1.54) is 6.42 Å². The highest BCUT2D eigenvalue weighted by Crippen LogP contribution is 2.48. The van der Waals surface area contributed by atoms with Gasteiger partial charge < -0.3 is 14.8 Å². The summed E-state index contributed by atoms with van der Waals surface area (Å²) in [6.07, 6.45) is 5.63. The number of benzene rings is 1. The maximum absolute atomic E-state index is 12.3. The van der Waals surface area contributed by atoms with Crippen molar-refractivity contribution < 1.29 is 14.3 Å². The summed E-state index contributed by atoms with van der Waals surface area (Å²) < 4.78 is 12.2. The second-order valence-electron chi connectivity index (χ2n) is 5.57. The predicted octanol–water partition coefficient (Wildman–Crippen LogP) is 2.54. The van der Waals surface area contributed by atoms with Crippen molar-refractivity contribution in [2.45, 2.75) is 50.1 Å². The Hall–Kier alpha value is -1.39. The lowest BCUT2D eigenvalue weighted by Gasteiger charge is -2.21. The first-order valence-electron chi connectivity index (χ1n) is 7.06. The monoisotopic (exact) mass is 259 g/mol. The molecule has 1 aliphatic carbocycles. The van der Waals surface area contributed by atoms with Crippen molar-refractivity contribution in [3.8, 4) is 0 Å². The Morgan fingerprint density at radius 2 is 1.74 bits per heavy atom. The van der Waals surface area contributed by atoms with Gasteiger partial charge in [-0.25, -0.2) is 0 Å². The quantitative estimate of drug-likeness (QED) is 0.779. The highest BCUT2D eigenvalue weighted by molar-refractivity contribution is 6.04. The molecule has 1 N–H and O–H groups in total. The maximum Gasteiger partial charge on any atom is 0.289 e. The van der Waals surface area contributed by atoms with E-state index in [0.29, 0.717) is 0 Å². The first kappa shape index (κ1) is 11.4. The van der Waals surface area contributed by atoms with Crippen molar-refractivity contribution >= 4 is 11.6 Å². The van der Waals surface area contributed by atoms with E-state index in [4.69, 9.17) is 9.47 Å². The van der Waals surface area contributed by atoms with Crippen molar-refractivity contribution in [2.75, 3.05) is 5.32 Å². The van der Waals surface area contributed by atoms with Crippen molar-refractivity contribution in [2.24, 2.45) is 0 Å². The zero-order chi connectivity index (χ0) is 12.9. The third kappa shape index (κ3) is 1.56. The standard InChI is InChI=1S/C15H17NO3/c17-14-15(10-6-4-5-7-11(10)16-14)18-12-8-2-1-3-9-13(12)19-15/h4-7,12-13H,1-3,8-9H2,(H,16,17)/t12-,13-/m0/s1. The molecule has 2 fully saturated rings. The Kier molecular flexibility index (Phi) is 2.44. The third-order valence-corrected chi connectivity index (χ3v) is 4.36. The number of carbonyl (C=O) groups is 1. The summed E-state index contributed by atoms with van der Waals surface area (Å²) >= 11 is 0. The zero-order valence-corrected chi connectivity index (χ0v) is 10.7. The molecule has 1 aromatic carbocycles. The average molecular weight is 259 g/mol. The van der Waals surface area contributed by atoms with Crippen LogP contribution in [0.5, 0.6) is 0 Å². The fourth-order valence-corrected chi connectivity index (χ4v) is 3.40. The van der Waals surface area contributed by atoms with Crippen LogP contribution in [0.4, 0.5) is 5.69 Å². The molecular weight excluding hydrogens is 242 g/mol. The Bertz CT molecular complexity index is 514. The molecule has 2 heterocycles. The molecule has 1 aromatic rings. The van der Waals surface area contributed by atoms with Crippen molar-refractivity contribution in [1.29, 1.82) is 0 Å². The smallest absolute Gasteiger partial charge is 0.289 e. The summed E-state index contributed by atoms with van der Waals surface area (Å²) in [5.41, 5.74) is 1.64. The van der Waals surface area contributed by atoms with E-state index in [9.17, 15) is 4.79 Å². The molecule has 4 rings (SSSR count). The van der Waals surface area contributed by atoms with Gasteiger partial charge in [0.2, 0.25) is 0 Å². The van der Waals surface area contributed by atoms with Gasteiger partial charge in [-0.05, 0) is 18.9 Å². The minimum Gasteiger partial charge on any atom is -0.332 e. The van der Waals surface area contributed by atoms with Gasteiger partial charge in [0.15, 0.2) is 0 Å². The minimum atomic E-state index is -1.19. The van der Waals surface area contributed by atoms with E-state index in [2.05, 4.69) is 5.32 Å². The van der Waals surface area contributed by atoms with Crippen LogP contribution in [0.25, 0.3) is 0 Å². The van der Waals surface area contributed by atoms with Gasteiger partial charge >= 0.3 is 0 Å². The number of hydrogen-bond acceptors (Lipinski definition) is 3. The molecule has 2 atom stereocenters. The van der Waals surface area contributed by atoms with E-state index < -0.39 is 5.79 Å². The number of carbonyl (C=O) groups excluding carboxylic acids is 1. The molecule has 1 saturated heterocycles. The van der Waals surface area contributed by atoms with Crippen LogP contribution in [0.2, 0.25) is 0 Å². The van der Waals surface area contributed by atoms with Crippen LogP contribution < -0.4 is 5.32 Å². The topological polar surface area (TPSA) is 47.6 Å². The van der Waals surface area contributed by atoms with Gasteiger partial charge in [0.25, 0.3) is 11.7 Å². The zero-order valence-electron chi connectivity index (χ0n) is 10.7. The summed E-state index contributed by atoms with van der Waals surface area (Å²) in [5, 5.41) is 2.87. The first-order valence-corrected chi connectivity index (χ1v) is 7.06. The maximum atomic E-state index is 12.3. The Morgan fingerprint density at radius 3 is 2.47 bits per heavy atom. The second-order valence-corrected chi connectivity index (χ2v) is 5.57. The summed E-state index contributed by atoms with van der Waals surface area (Å²) in [5.74, 6) is -1.37. The van der Waals surface area contributed by atoms with Crippen LogP contribution >= 0.6 is 0 Å². The highest BCUT2D eigenvalue weighted by atomic mass is 16.8. The van der Waals surface area contributed by atoms with E-state index in [1.54, 1.807) is 0 Å². The molecule has 2 aliphatic heterocycles. The van der Waals surface area contributed by atoms with Crippen LogP contribution in [-0.4, -0.2) is 18.1 Å². The number of fused-ring (bicyclic) bond motifs is 3. The predicted molar refractivity (Wildman–Crippen MR) is 69.6 cm³/mol. The van der Waals surface area contributed by atoms with Crippen molar-refractivity contribution in [3.05, 3.63) is 29.8 Å². The molecule has 3 aliphatic rings. The molecule has 1 spiro atoms. The number of para-hydroxylation sites is 1. The first-order chi connectivity index (χ1) is 9.29. The molecule has 4 nitrogen and oxygen atoms in total. The fourth-order valence-electron chi connectivity index (χ4n) is 3.40. The van der Waals surface area contributed by atoms with Gasteiger partial charge in [-0.1, -0.05) is 37.5 Å². The van der Waals surface area contributed by atoms with E-state index in [0.717, 1.165) is 36.9 Å². The molecule has 0 unspecified atom stereocenters. The lowest BCUT2D eigenvalue weighted by molar-refractivity contribution is -0.189. The summed E-state index contributed by atoms with van der Waals surface area (Å²) in [6, 6.07) is 7.63. The van der Waals surface area contributed by atoms with Crippen LogP contribution in [0, 0.1) is 0 Å². The van der Waals surface area contributed by atoms with Crippen molar-refractivity contribution in [3.63, 3.8) is 0 Å². The molecule has 0 aromatic heterocycles. The van der Waals surface area contributed by atoms with Crippen LogP contribution in [0.15, 0.2) is 24.3 Å². The largest absolute Gasteiger partial charge is 0.332 e.